The summed E-state index contributed by atoms with van der Waals surface area (Å²) < 4.78 is 169. The van der Waals surface area contributed by atoms with Gasteiger partial charge in [-0.1, -0.05) is 115 Å². The molecule has 9 aromatic carbocycles. The molecule has 0 saturated heterocycles. The van der Waals surface area contributed by atoms with E-state index in [9.17, 15) is 40.3 Å². The fraction of sp³-hybridized carbons (Fsp3) is 0.0806. The molecule has 0 spiro atoms. The van der Waals surface area contributed by atoms with Gasteiger partial charge >= 0.3 is 12.4 Å². The highest BCUT2D eigenvalue weighted by Gasteiger charge is 2.72. The van der Waals surface area contributed by atoms with Gasteiger partial charge in [-0.2, -0.15) is 43.2 Å². The predicted octanol–water partition coefficient (Wildman–Crippen LogP) is 14.8. The molecule has 11 nitrogen and oxygen atoms in total. The van der Waals surface area contributed by atoms with Crippen LogP contribution in [0.25, 0.3) is 22.3 Å². The largest absolute Gasteiger partial charge is 0.457 e. The van der Waals surface area contributed by atoms with Crippen LogP contribution in [0.1, 0.15) is 70.0 Å². The summed E-state index contributed by atoms with van der Waals surface area (Å²) in [6, 6.07) is 44.7. The number of alkyl halides is 6. The second-order valence-electron chi connectivity index (χ2n) is 18.7. The van der Waals surface area contributed by atoms with E-state index in [1.165, 1.54) is 72.8 Å². The second-order valence-corrected chi connectivity index (χ2v) is 21.5. The van der Waals surface area contributed by atoms with Crippen molar-refractivity contribution in [3.63, 3.8) is 0 Å². The van der Waals surface area contributed by atoms with Gasteiger partial charge in [0.25, 0.3) is 20.2 Å². The van der Waals surface area contributed by atoms with Crippen molar-refractivity contribution in [1.29, 1.82) is 0 Å². The number of carbonyl (C=O) groups is 3. The van der Waals surface area contributed by atoms with Crippen molar-refractivity contribution >= 4 is 37.6 Å². The van der Waals surface area contributed by atoms with Crippen LogP contribution in [0.2, 0.25) is 0 Å². The summed E-state index contributed by atoms with van der Waals surface area (Å²) in [7, 11) is -9.46. The Hall–Kier alpha value is -9.01. The first kappa shape index (κ1) is 56.7. The van der Waals surface area contributed by atoms with Crippen LogP contribution in [0.15, 0.2) is 216 Å². The molecule has 81 heavy (non-hydrogen) atoms. The van der Waals surface area contributed by atoms with E-state index < -0.39 is 70.5 Å². The van der Waals surface area contributed by atoms with Gasteiger partial charge < -0.3 is 9.47 Å². The van der Waals surface area contributed by atoms with E-state index in [0.29, 0.717) is 52.1 Å². The quantitative estimate of drug-likeness (QED) is 0.0534. The minimum Gasteiger partial charge on any atom is -0.457 e. The molecule has 0 aliphatic heterocycles. The van der Waals surface area contributed by atoms with Crippen molar-refractivity contribution in [3.05, 3.63) is 262 Å². The second kappa shape index (κ2) is 21.9. The highest BCUT2D eigenvalue weighted by Crippen LogP contribution is 2.56. The minimum absolute atomic E-state index is 0.0395. The van der Waals surface area contributed by atoms with Crippen molar-refractivity contribution in [3.8, 4) is 45.3 Å². The first-order chi connectivity index (χ1) is 38.2. The Morgan fingerprint density at radius 2 is 0.765 bits per heavy atom. The fourth-order valence-corrected chi connectivity index (χ4v) is 10.3. The van der Waals surface area contributed by atoms with Crippen molar-refractivity contribution in [1.82, 2.24) is 0 Å². The number of benzene rings is 9. The fourth-order valence-electron chi connectivity index (χ4n) is 9.12. The van der Waals surface area contributed by atoms with Crippen LogP contribution in [0, 0.1) is 13.8 Å². The topological polar surface area (TPSA) is 178 Å². The van der Waals surface area contributed by atoms with E-state index in [2.05, 4.69) is 0 Å². The van der Waals surface area contributed by atoms with Gasteiger partial charge in [0, 0.05) is 38.9 Å². The average molecular weight is 1140 g/mol. The molecule has 0 amide bonds. The smallest absolute Gasteiger partial charge is 0.411 e. The average Bonchev–Trinajstić information content (AvgIpc) is 3.55. The number of hydrogen-bond donors (Lipinski definition) is 2. The van der Waals surface area contributed by atoms with Gasteiger partial charge in [-0.15, -0.1) is 0 Å². The highest BCUT2D eigenvalue weighted by atomic mass is 32.2. The molecule has 0 aromatic heterocycles. The summed E-state index contributed by atoms with van der Waals surface area (Å²) in [6.07, 6.45) is -11.8. The number of ketones is 3. The van der Waals surface area contributed by atoms with Gasteiger partial charge in [-0.05, 0) is 144 Å². The summed E-state index contributed by atoms with van der Waals surface area (Å²) in [5.74, 6) is -1.13. The van der Waals surface area contributed by atoms with E-state index >= 15 is 26.3 Å². The normalized spacial score (nSPS) is 12.2. The molecule has 0 heterocycles. The van der Waals surface area contributed by atoms with E-state index in [1.54, 1.807) is 73.7 Å². The Balaban J connectivity index is 0.868. The Bertz CT molecular complexity index is 4080. The molecule has 0 aliphatic carbocycles. The van der Waals surface area contributed by atoms with Gasteiger partial charge in [-0.25, -0.2) is 0 Å². The monoisotopic (exact) mass is 1140 g/mol. The van der Waals surface area contributed by atoms with E-state index in [4.69, 9.17) is 9.47 Å². The zero-order valence-corrected chi connectivity index (χ0v) is 43.9. The van der Waals surface area contributed by atoms with E-state index in [1.807, 2.05) is 6.92 Å². The van der Waals surface area contributed by atoms with Gasteiger partial charge in [0.1, 0.15) is 27.9 Å². The maximum atomic E-state index is 15.0. The maximum Gasteiger partial charge on any atom is 0.411 e. The molecule has 0 fully saturated rings. The molecular formula is C62H42F6O11S2. The lowest BCUT2D eigenvalue weighted by molar-refractivity contribution is -0.288. The highest BCUT2D eigenvalue weighted by molar-refractivity contribution is 7.86. The molecule has 9 rings (SSSR count). The summed E-state index contributed by atoms with van der Waals surface area (Å²) in [6.45, 7) is 3.55. The molecule has 19 heteroatoms. The molecule has 0 unspecified atom stereocenters. The third-order valence-corrected chi connectivity index (χ3v) is 15.2. The molecule has 410 valence electrons. The van der Waals surface area contributed by atoms with Gasteiger partial charge in [0.05, 0.1) is 4.90 Å². The number of carbonyl (C=O) groups excluding carboxylic acids is 3. The zero-order chi connectivity index (χ0) is 58.2. The SMILES string of the molecule is Cc1ccc(C(=O)c2ccc(Oc3ccc(C(c4ccc(Oc5ccc(C(=O)c6ccc(-c7ccc(C)c(C(=O)c8ccc(-c9ccc(S(=O)(=O)O)cc9)c(S(=O)(=O)O)c8)c7)cc6)cc5)cc4)(C(F)(F)F)C(F)(F)F)cc3)cc2)cc1. The van der Waals surface area contributed by atoms with Crippen LogP contribution in [0.4, 0.5) is 26.3 Å². The standard InChI is InChI=1S/C62H42F6O11S2/c1-37-3-6-41(7-4-37)57(69)43-13-24-49(25-14-43)78-51-28-20-47(21-29-51)60(61(63,64)65,62(66,67)68)48-22-30-52(31-23-48)79-50-26-15-44(16-27-50)58(70)42-11-9-39(10-12-42)45-8-5-38(2)55(35-45)59(71)46-19-34-54(56(36-46)81(75,76)77)40-17-32-53(33-18-40)80(72,73)74/h3-36H,1-2H3,(H,72,73,74)(H,75,76,77). The van der Waals surface area contributed by atoms with Crippen LogP contribution in [-0.2, 0) is 25.7 Å². The Morgan fingerprint density at radius 3 is 1.17 bits per heavy atom. The molecular weight excluding hydrogens is 1100 g/mol. The van der Waals surface area contributed by atoms with E-state index in [-0.39, 0.29) is 62.2 Å². The van der Waals surface area contributed by atoms with Crippen molar-refractivity contribution in [2.24, 2.45) is 0 Å². The Kier molecular flexibility index (Phi) is 15.3. The molecule has 2 N–H and O–H groups in total. The minimum atomic E-state index is -5.88. The first-order valence-electron chi connectivity index (χ1n) is 24.2. The van der Waals surface area contributed by atoms with Crippen LogP contribution >= 0.6 is 0 Å². The Labute approximate surface area is 460 Å². The summed E-state index contributed by atoms with van der Waals surface area (Å²) in [5, 5.41) is 0. The number of halogens is 6. The lowest BCUT2D eigenvalue weighted by Gasteiger charge is -2.38. The lowest BCUT2D eigenvalue weighted by Crippen LogP contribution is -2.54. The van der Waals surface area contributed by atoms with E-state index in [0.717, 1.165) is 48.0 Å². The molecule has 0 bridgehead atoms. The maximum absolute atomic E-state index is 15.0. The molecule has 9 aromatic rings. The van der Waals surface area contributed by atoms with Crippen molar-refractivity contribution in [2.45, 2.75) is 41.4 Å². The van der Waals surface area contributed by atoms with Crippen LogP contribution in [0.5, 0.6) is 23.0 Å². The zero-order valence-electron chi connectivity index (χ0n) is 42.3. The summed E-state index contributed by atoms with van der Waals surface area (Å²) in [5.41, 5.74) is -2.58. The number of ether oxygens (including phenoxy) is 2. The number of hydrogen-bond acceptors (Lipinski definition) is 9. The van der Waals surface area contributed by atoms with Crippen molar-refractivity contribution < 1.29 is 76.1 Å². The summed E-state index contributed by atoms with van der Waals surface area (Å²) in [4.78, 5) is 39.3. The third-order valence-electron chi connectivity index (χ3n) is 13.4. The van der Waals surface area contributed by atoms with Crippen LogP contribution in [0.3, 0.4) is 0 Å². The van der Waals surface area contributed by atoms with Gasteiger partial charge in [0.15, 0.2) is 17.3 Å². The van der Waals surface area contributed by atoms with Crippen LogP contribution < -0.4 is 9.47 Å². The molecule has 0 saturated carbocycles. The number of rotatable bonds is 16. The lowest BCUT2D eigenvalue weighted by atomic mass is 9.73. The van der Waals surface area contributed by atoms with Gasteiger partial charge in [0.2, 0.25) is 5.41 Å². The van der Waals surface area contributed by atoms with Crippen molar-refractivity contribution in [2.75, 3.05) is 0 Å². The van der Waals surface area contributed by atoms with Crippen LogP contribution in [-0.4, -0.2) is 55.6 Å². The molecule has 0 atom stereocenters. The number of aryl methyl sites for hydroxylation is 2. The molecule has 0 radical (unpaired) electrons. The first-order valence-corrected chi connectivity index (χ1v) is 27.1. The molecule has 0 aliphatic rings. The predicted molar refractivity (Wildman–Crippen MR) is 288 cm³/mol. The summed E-state index contributed by atoms with van der Waals surface area (Å²) >= 11 is 0. The third kappa shape index (κ3) is 11.8. The Morgan fingerprint density at radius 1 is 0.395 bits per heavy atom. The van der Waals surface area contributed by atoms with Gasteiger partial charge in [-0.3, -0.25) is 23.5 Å².